The number of nitrogens with zero attached hydrogens (tertiary/aromatic N) is 1. The molecule has 5 nitrogen and oxygen atoms in total. The Bertz CT molecular complexity index is 319. The highest BCUT2D eigenvalue weighted by Gasteiger charge is 2.42. The molecule has 1 heterocycles. The summed E-state index contributed by atoms with van der Waals surface area (Å²) in [5, 5.41) is 9.35. The Morgan fingerprint density at radius 3 is 2.61 bits per heavy atom. The minimum absolute atomic E-state index is 0.0110. The second-order valence-electron chi connectivity index (χ2n) is 5.23. The monoisotopic (exact) mass is 256 g/mol. The zero-order chi connectivity index (χ0) is 13.8. The lowest BCUT2D eigenvalue weighted by Gasteiger charge is -2.39. The van der Waals surface area contributed by atoms with Crippen LogP contribution in [0.2, 0.25) is 0 Å². The van der Waals surface area contributed by atoms with Gasteiger partial charge in [0.2, 0.25) is 5.91 Å². The van der Waals surface area contributed by atoms with Crippen molar-refractivity contribution in [1.29, 1.82) is 0 Å². The Morgan fingerprint density at radius 1 is 1.44 bits per heavy atom. The number of carboxylic acid groups (broad SMARTS) is 1. The third kappa shape index (κ3) is 3.22. The van der Waals surface area contributed by atoms with Crippen LogP contribution < -0.4 is 5.73 Å². The molecule has 0 saturated carbocycles. The summed E-state index contributed by atoms with van der Waals surface area (Å²) in [4.78, 5) is 25.1. The summed E-state index contributed by atoms with van der Waals surface area (Å²) in [6.45, 7) is 4.81. The summed E-state index contributed by atoms with van der Waals surface area (Å²) >= 11 is 0. The van der Waals surface area contributed by atoms with E-state index in [9.17, 15) is 14.7 Å². The van der Waals surface area contributed by atoms with Crippen LogP contribution in [0.5, 0.6) is 0 Å². The van der Waals surface area contributed by atoms with Crippen LogP contribution in [0.25, 0.3) is 0 Å². The van der Waals surface area contributed by atoms with Crippen LogP contribution in [-0.2, 0) is 9.59 Å². The van der Waals surface area contributed by atoms with Gasteiger partial charge in [0.1, 0.15) is 0 Å². The maximum Gasteiger partial charge on any atom is 0.311 e. The number of hydrogen-bond donors (Lipinski definition) is 2. The maximum absolute atomic E-state index is 12.0. The average molecular weight is 256 g/mol. The van der Waals surface area contributed by atoms with Gasteiger partial charge in [0.05, 0.1) is 5.41 Å². The van der Waals surface area contributed by atoms with Crippen molar-refractivity contribution in [2.75, 3.05) is 13.1 Å². The van der Waals surface area contributed by atoms with E-state index in [0.29, 0.717) is 32.4 Å². The van der Waals surface area contributed by atoms with Crippen LogP contribution in [0.15, 0.2) is 0 Å². The molecule has 2 unspecified atom stereocenters. The van der Waals surface area contributed by atoms with E-state index in [0.717, 1.165) is 12.8 Å². The number of piperidine rings is 1. The van der Waals surface area contributed by atoms with E-state index >= 15 is 0 Å². The summed E-state index contributed by atoms with van der Waals surface area (Å²) < 4.78 is 0. The van der Waals surface area contributed by atoms with Crippen molar-refractivity contribution in [2.45, 2.75) is 52.0 Å². The predicted molar refractivity (Wildman–Crippen MR) is 69.1 cm³/mol. The molecule has 0 aromatic heterocycles. The van der Waals surface area contributed by atoms with E-state index in [1.807, 2.05) is 13.8 Å². The lowest BCUT2D eigenvalue weighted by molar-refractivity contribution is -0.155. The van der Waals surface area contributed by atoms with E-state index < -0.39 is 11.4 Å². The Kier molecular flexibility index (Phi) is 5.14. The normalized spacial score (nSPS) is 25.8. The molecule has 2 atom stereocenters. The third-order valence-electron chi connectivity index (χ3n) is 4.02. The standard InChI is InChI=1S/C13H24N2O3/c1-3-10(14)8-11(16)15-7-5-6-13(4-2,9-15)12(17)18/h10H,3-9,14H2,1-2H3,(H,17,18). The van der Waals surface area contributed by atoms with Crippen LogP contribution in [0.3, 0.4) is 0 Å². The van der Waals surface area contributed by atoms with E-state index in [2.05, 4.69) is 0 Å². The van der Waals surface area contributed by atoms with Crippen molar-refractivity contribution in [1.82, 2.24) is 4.90 Å². The average Bonchev–Trinajstić information content (AvgIpc) is 2.38. The SMILES string of the molecule is CCC(N)CC(=O)N1CCCC(CC)(C(=O)O)C1. The number of rotatable bonds is 5. The van der Waals surface area contributed by atoms with Crippen molar-refractivity contribution in [3.63, 3.8) is 0 Å². The molecule has 3 N–H and O–H groups in total. The first-order chi connectivity index (χ1) is 8.45. The molecule has 18 heavy (non-hydrogen) atoms. The lowest BCUT2D eigenvalue weighted by atomic mass is 9.77. The molecule has 0 aromatic carbocycles. The number of aliphatic carboxylic acids is 1. The van der Waals surface area contributed by atoms with Gasteiger partial charge < -0.3 is 15.7 Å². The zero-order valence-corrected chi connectivity index (χ0v) is 11.3. The summed E-state index contributed by atoms with van der Waals surface area (Å²) in [6, 6.07) is -0.125. The molecule has 0 radical (unpaired) electrons. The van der Waals surface area contributed by atoms with Crippen LogP contribution in [0, 0.1) is 5.41 Å². The van der Waals surface area contributed by atoms with Gasteiger partial charge in [-0.3, -0.25) is 9.59 Å². The first kappa shape index (κ1) is 15.0. The smallest absolute Gasteiger partial charge is 0.311 e. The van der Waals surface area contributed by atoms with E-state index in [1.165, 1.54) is 0 Å². The number of carbonyl (C=O) groups is 2. The fourth-order valence-electron chi connectivity index (χ4n) is 2.46. The molecule has 5 heteroatoms. The van der Waals surface area contributed by atoms with Crippen LogP contribution in [0.1, 0.15) is 46.0 Å². The summed E-state index contributed by atoms with van der Waals surface area (Å²) in [7, 11) is 0. The topological polar surface area (TPSA) is 83.6 Å². The lowest BCUT2D eigenvalue weighted by Crippen LogP contribution is -2.50. The van der Waals surface area contributed by atoms with Crippen molar-refractivity contribution in [3.05, 3.63) is 0 Å². The molecular formula is C13H24N2O3. The van der Waals surface area contributed by atoms with Crippen LogP contribution in [-0.4, -0.2) is 41.0 Å². The minimum atomic E-state index is -0.790. The van der Waals surface area contributed by atoms with Gasteiger partial charge in [0.15, 0.2) is 0 Å². The van der Waals surface area contributed by atoms with Gasteiger partial charge in [0.25, 0.3) is 0 Å². The molecule has 1 aliphatic rings. The molecule has 104 valence electrons. The van der Waals surface area contributed by atoms with Gasteiger partial charge in [-0.25, -0.2) is 0 Å². The second-order valence-corrected chi connectivity index (χ2v) is 5.23. The van der Waals surface area contributed by atoms with Crippen molar-refractivity contribution >= 4 is 11.9 Å². The molecule has 1 rings (SSSR count). The quantitative estimate of drug-likeness (QED) is 0.774. The summed E-state index contributed by atoms with van der Waals surface area (Å²) in [5.74, 6) is -0.801. The summed E-state index contributed by atoms with van der Waals surface area (Å²) in [6.07, 6.45) is 3.05. The molecule has 0 aliphatic carbocycles. The predicted octanol–water partition coefficient (Wildman–Crippen LogP) is 1.22. The molecule has 1 amide bonds. The summed E-state index contributed by atoms with van der Waals surface area (Å²) in [5.41, 5.74) is 5.02. The number of carboxylic acids is 1. The largest absolute Gasteiger partial charge is 0.481 e. The van der Waals surface area contributed by atoms with Crippen molar-refractivity contribution in [3.8, 4) is 0 Å². The molecular weight excluding hydrogens is 232 g/mol. The highest BCUT2D eigenvalue weighted by molar-refractivity contribution is 5.80. The van der Waals surface area contributed by atoms with Gasteiger partial charge in [-0.2, -0.15) is 0 Å². The zero-order valence-electron chi connectivity index (χ0n) is 11.3. The fourth-order valence-corrected chi connectivity index (χ4v) is 2.46. The third-order valence-corrected chi connectivity index (χ3v) is 4.02. The molecule has 0 spiro atoms. The molecule has 1 saturated heterocycles. The van der Waals surface area contributed by atoms with Crippen molar-refractivity contribution < 1.29 is 14.7 Å². The van der Waals surface area contributed by atoms with E-state index in [-0.39, 0.29) is 11.9 Å². The maximum atomic E-state index is 12.0. The number of nitrogens with two attached hydrogens (primary N) is 1. The minimum Gasteiger partial charge on any atom is -0.481 e. The van der Waals surface area contributed by atoms with Gasteiger partial charge >= 0.3 is 5.97 Å². The van der Waals surface area contributed by atoms with Crippen LogP contribution in [0.4, 0.5) is 0 Å². The van der Waals surface area contributed by atoms with Gasteiger partial charge in [-0.1, -0.05) is 13.8 Å². The number of likely N-dealkylation sites (tertiary alicyclic amines) is 1. The van der Waals surface area contributed by atoms with Gasteiger partial charge in [-0.05, 0) is 25.7 Å². The van der Waals surface area contributed by atoms with Gasteiger partial charge in [-0.15, -0.1) is 0 Å². The Balaban J connectivity index is 2.68. The Hall–Kier alpha value is -1.10. The van der Waals surface area contributed by atoms with Crippen LogP contribution >= 0.6 is 0 Å². The Labute approximate surface area is 108 Å². The highest BCUT2D eigenvalue weighted by Crippen LogP contribution is 2.33. The molecule has 0 aromatic rings. The van der Waals surface area contributed by atoms with E-state index in [1.54, 1.807) is 4.90 Å². The molecule has 0 bridgehead atoms. The second kappa shape index (κ2) is 6.18. The Morgan fingerprint density at radius 2 is 2.11 bits per heavy atom. The number of carbonyl (C=O) groups excluding carboxylic acids is 1. The van der Waals surface area contributed by atoms with Crippen molar-refractivity contribution in [2.24, 2.45) is 11.1 Å². The first-order valence-electron chi connectivity index (χ1n) is 6.72. The molecule has 1 aliphatic heterocycles. The first-order valence-corrected chi connectivity index (χ1v) is 6.72. The fraction of sp³-hybridized carbons (Fsp3) is 0.846. The number of amides is 1. The highest BCUT2D eigenvalue weighted by atomic mass is 16.4. The molecule has 1 fully saturated rings. The number of hydrogen-bond acceptors (Lipinski definition) is 3. The van der Waals surface area contributed by atoms with Gasteiger partial charge in [0, 0.05) is 25.6 Å². The van der Waals surface area contributed by atoms with E-state index in [4.69, 9.17) is 5.73 Å².